The normalized spacial score (nSPS) is 24.8. The Labute approximate surface area is 200 Å². The fraction of sp³-hybridized carbons (Fsp3) is 0.0968. The van der Waals surface area contributed by atoms with Crippen LogP contribution in [0.3, 0.4) is 0 Å². The summed E-state index contributed by atoms with van der Waals surface area (Å²) in [7, 11) is 0. The summed E-state index contributed by atoms with van der Waals surface area (Å²) in [5.41, 5.74) is 9.25. The molecule has 2 unspecified atom stereocenters. The van der Waals surface area contributed by atoms with Crippen LogP contribution in [-0.4, -0.2) is 12.3 Å². The van der Waals surface area contributed by atoms with Crippen LogP contribution in [-0.2, 0) is 0 Å². The van der Waals surface area contributed by atoms with Crippen molar-refractivity contribution < 1.29 is 0 Å². The van der Waals surface area contributed by atoms with Crippen LogP contribution in [0.4, 0.5) is 28.4 Å². The largest absolute Gasteiger partial charge is 0.332 e. The molecule has 2 aliphatic heterocycles. The number of hydrogen-bond acceptors (Lipinski definition) is 2. The number of nitrogens with zero attached hydrogens (tertiary/aromatic N) is 2. The summed E-state index contributed by atoms with van der Waals surface area (Å²) in [4.78, 5) is 5.08. The lowest BCUT2D eigenvalue weighted by atomic mass is 9.27. The Bertz CT molecular complexity index is 1510. The fourth-order valence-electron chi connectivity index (χ4n) is 7.07. The van der Waals surface area contributed by atoms with Crippen LogP contribution < -0.4 is 20.7 Å². The second kappa shape index (κ2) is 6.33. The van der Waals surface area contributed by atoms with Gasteiger partial charge in [-0.25, -0.2) is 0 Å². The lowest BCUT2D eigenvalue weighted by Crippen LogP contribution is -2.61. The number of anilines is 5. The summed E-state index contributed by atoms with van der Waals surface area (Å²) in [5.74, 6) is 0. The highest BCUT2D eigenvalue weighted by Crippen LogP contribution is 2.75. The van der Waals surface area contributed by atoms with Crippen molar-refractivity contribution in [2.45, 2.75) is 17.3 Å². The van der Waals surface area contributed by atoms with Crippen LogP contribution in [0.5, 0.6) is 0 Å². The zero-order valence-electron chi connectivity index (χ0n) is 18.8. The van der Waals surface area contributed by atoms with Crippen LogP contribution in [0, 0.1) is 0 Å². The lowest BCUT2D eigenvalue weighted by Gasteiger charge is -2.49. The van der Waals surface area contributed by atoms with E-state index in [1.54, 1.807) is 0 Å². The van der Waals surface area contributed by atoms with E-state index < -0.39 is 0 Å². The van der Waals surface area contributed by atoms with Gasteiger partial charge in [0, 0.05) is 33.8 Å². The Hall–Kier alpha value is -3.98. The molecule has 0 spiro atoms. The monoisotopic (exact) mass is 434 g/mol. The molecule has 0 aromatic heterocycles. The van der Waals surface area contributed by atoms with Crippen molar-refractivity contribution in [2.24, 2.45) is 0 Å². The summed E-state index contributed by atoms with van der Waals surface area (Å²) in [6.07, 6.45) is 10.6. The Morgan fingerprint density at radius 1 is 0.588 bits per heavy atom. The van der Waals surface area contributed by atoms with E-state index >= 15 is 0 Å². The van der Waals surface area contributed by atoms with Crippen LogP contribution in [0.25, 0.3) is 0 Å². The number of rotatable bonds is 2. The predicted molar refractivity (Wildman–Crippen MR) is 143 cm³/mol. The van der Waals surface area contributed by atoms with Gasteiger partial charge in [-0.1, -0.05) is 85.0 Å². The van der Waals surface area contributed by atoms with Crippen LogP contribution >= 0.6 is 0 Å². The molecule has 4 aromatic carbocycles. The summed E-state index contributed by atoms with van der Waals surface area (Å²) in [6, 6.07) is 37.7. The maximum Gasteiger partial charge on any atom is 0.230 e. The molecule has 2 nitrogen and oxygen atoms in total. The van der Waals surface area contributed by atoms with Gasteiger partial charge < -0.3 is 9.80 Å². The van der Waals surface area contributed by atoms with E-state index in [1.165, 1.54) is 39.4 Å². The Morgan fingerprint density at radius 3 is 2.06 bits per heavy atom. The molecule has 8 rings (SSSR count). The number of hydrogen-bond donors (Lipinski definition) is 0. The van der Waals surface area contributed by atoms with Gasteiger partial charge in [-0.05, 0) is 59.8 Å². The smallest absolute Gasteiger partial charge is 0.230 e. The van der Waals surface area contributed by atoms with Crippen LogP contribution in [0.1, 0.15) is 6.42 Å². The molecule has 160 valence electrons. The van der Waals surface area contributed by atoms with Gasteiger partial charge in [-0.3, -0.25) is 0 Å². The highest BCUT2D eigenvalue weighted by molar-refractivity contribution is 6.93. The first kappa shape index (κ1) is 18.5. The first-order chi connectivity index (χ1) is 16.8. The van der Waals surface area contributed by atoms with E-state index in [0.29, 0.717) is 6.71 Å². The first-order valence-electron chi connectivity index (χ1n) is 12.1. The van der Waals surface area contributed by atoms with Gasteiger partial charge in [0.1, 0.15) is 0 Å². The van der Waals surface area contributed by atoms with E-state index in [9.17, 15) is 0 Å². The SMILES string of the molecule is C1=CC23CC2(C=C1)N(c1ccccc1)c1cccc2c1B3c1ccccc1N2c1ccccc1. The number of benzene rings is 4. The van der Waals surface area contributed by atoms with E-state index in [4.69, 9.17) is 0 Å². The molecule has 2 aliphatic carbocycles. The Kier molecular flexibility index (Phi) is 3.43. The average molecular weight is 434 g/mol. The van der Waals surface area contributed by atoms with Gasteiger partial charge in [0.25, 0.3) is 0 Å². The first-order valence-corrected chi connectivity index (χ1v) is 12.1. The molecular formula is C31H23BN2. The molecule has 3 heteroatoms. The third-order valence-corrected chi connectivity index (χ3v) is 8.38. The minimum Gasteiger partial charge on any atom is -0.332 e. The quantitative estimate of drug-likeness (QED) is 0.345. The van der Waals surface area contributed by atoms with Crippen molar-refractivity contribution in [3.8, 4) is 0 Å². The number of para-hydroxylation sites is 3. The summed E-state index contributed by atoms with van der Waals surface area (Å²) >= 11 is 0. The Balaban J connectivity index is 1.48. The molecule has 4 aromatic rings. The predicted octanol–water partition coefficient (Wildman–Crippen LogP) is 6.24. The molecule has 0 bridgehead atoms. The van der Waals surface area contributed by atoms with Crippen molar-refractivity contribution in [3.63, 3.8) is 0 Å². The second-order valence-electron chi connectivity index (χ2n) is 9.90. The molecule has 0 N–H and O–H groups in total. The zero-order valence-corrected chi connectivity index (χ0v) is 18.8. The van der Waals surface area contributed by atoms with E-state index in [2.05, 4.69) is 137 Å². The fourth-order valence-corrected chi connectivity index (χ4v) is 7.07. The van der Waals surface area contributed by atoms with Gasteiger partial charge in [0.2, 0.25) is 6.71 Å². The van der Waals surface area contributed by atoms with Gasteiger partial charge in [0.05, 0.1) is 5.54 Å². The average Bonchev–Trinajstić information content (AvgIpc) is 3.60. The minimum atomic E-state index is -0.0264. The molecule has 0 saturated heterocycles. The molecule has 0 amide bonds. The standard InChI is InChI=1S/C31H23BN2/c1-3-12-23(13-4-1)33-26-17-8-7-16-25(26)32-29-27(33)18-11-19-28(29)34(24-14-5-2-6-15-24)31-21-10-9-20-30(31,32)22-31/h1-21H,22H2. The van der Waals surface area contributed by atoms with E-state index in [-0.39, 0.29) is 10.9 Å². The van der Waals surface area contributed by atoms with Crippen molar-refractivity contribution in [2.75, 3.05) is 9.80 Å². The summed E-state index contributed by atoms with van der Waals surface area (Å²) in [5, 5.41) is 0.0551. The Morgan fingerprint density at radius 2 is 1.24 bits per heavy atom. The van der Waals surface area contributed by atoms with Crippen LogP contribution in [0.2, 0.25) is 5.31 Å². The topological polar surface area (TPSA) is 6.48 Å². The van der Waals surface area contributed by atoms with Gasteiger partial charge in [0.15, 0.2) is 0 Å². The van der Waals surface area contributed by atoms with Crippen molar-refractivity contribution in [1.82, 2.24) is 0 Å². The molecule has 4 aliphatic rings. The molecule has 2 heterocycles. The van der Waals surface area contributed by atoms with Crippen molar-refractivity contribution in [1.29, 1.82) is 0 Å². The molecular weight excluding hydrogens is 411 g/mol. The number of allylic oxidation sites excluding steroid dienone is 2. The minimum absolute atomic E-state index is 0.0264. The zero-order chi connectivity index (χ0) is 22.3. The highest BCUT2D eigenvalue weighted by Gasteiger charge is 2.76. The summed E-state index contributed by atoms with van der Waals surface area (Å²) < 4.78 is 0. The third-order valence-electron chi connectivity index (χ3n) is 8.38. The maximum absolute atomic E-state index is 2.62. The van der Waals surface area contributed by atoms with Gasteiger partial charge in [-0.15, -0.1) is 0 Å². The molecule has 1 fully saturated rings. The van der Waals surface area contributed by atoms with Gasteiger partial charge in [-0.2, -0.15) is 0 Å². The second-order valence-corrected chi connectivity index (χ2v) is 9.90. The van der Waals surface area contributed by atoms with E-state index in [0.717, 1.165) is 6.42 Å². The molecule has 34 heavy (non-hydrogen) atoms. The van der Waals surface area contributed by atoms with Gasteiger partial charge >= 0.3 is 0 Å². The van der Waals surface area contributed by atoms with Crippen molar-refractivity contribution >= 4 is 46.1 Å². The highest BCUT2D eigenvalue weighted by atomic mass is 15.3. The van der Waals surface area contributed by atoms with E-state index in [1.807, 2.05) is 0 Å². The number of fused-ring (bicyclic) bond motifs is 2. The molecule has 2 atom stereocenters. The summed E-state index contributed by atoms with van der Waals surface area (Å²) in [6.45, 7) is 0.330. The van der Waals surface area contributed by atoms with Crippen molar-refractivity contribution in [3.05, 3.63) is 127 Å². The lowest BCUT2D eigenvalue weighted by molar-refractivity contribution is 0.748. The van der Waals surface area contributed by atoms with Crippen LogP contribution in [0.15, 0.2) is 127 Å². The third kappa shape index (κ3) is 2.09. The maximum atomic E-state index is 2.62. The molecule has 1 saturated carbocycles. The molecule has 0 radical (unpaired) electrons.